The summed E-state index contributed by atoms with van der Waals surface area (Å²) in [6.45, 7) is -0.348. The molecular formula is C13H11F6N3O3S. The fourth-order valence-electron chi connectivity index (χ4n) is 1.89. The lowest BCUT2D eigenvalue weighted by atomic mass is 10.1. The first-order valence-electron chi connectivity index (χ1n) is 6.79. The van der Waals surface area contributed by atoms with E-state index in [1.54, 1.807) is 0 Å². The third kappa shape index (κ3) is 5.17. The van der Waals surface area contributed by atoms with E-state index in [1.807, 2.05) is 0 Å². The molecule has 1 aromatic heterocycles. The van der Waals surface area contributed by atoms with Gasteiger partial charge in [-0.15, -0.1) is 0 Å². The molecule has 0 aliphatic rings. The zero-order valence-corrected chi connectivity index (χ0v) is 13.8. The largest absolute Gasteiger partial charge is 0.471 e. The van der Waals surface area contributed by atoms with Crippen LogP contribution in [-0.4, -0.2) is 41.8 Å². The molecular weight excluding hydrogens is 392 g/mol. The van der Waals surface area contributed by atoms with Gasteiger partial charge in [0.2, 0.25) is 15.8 Å². The average molecular weight is 403 g/mol. The molecule has 0 N–H and O–H groups in total. The van der Waals surface area contributed by atoms with Crippen LogP contribution in [0.2, 0.25) is 0 Å². The van der Waals surface area contributed by atoms with E-state index in [0.29, 0.717) is 9.87 Å². The first-order chi connectivity index (χ1) is 11.8. The highest BCUT2D eigenvalue weighted by molar-refractivity contribution is 7.89. The fourth-order valence-corrected chi connectivity index (χ4v) is 2.87. The van der Waals surface area contributed by atoms with E-state index in [0.717, 1.165) is 7.05 Å². The van der Waals surface area contributed by atoms with Gasteiger partial charge in [-0.25, -0.2) is 12.7 Å². The van der Waals surface area contributed by atoms with E-state index >= 15 is 0 Å². The van der Waals surface area contributed by atoms with Gasteiger partial charge in [-0.3, -0.25) is 0 Å². The molecule has 2 aromatic rings. The summed E-state index contributed by atoms with van der Waals surface area (Å²) in [6, 6.07) is 5.26. The summed E-state index contributed by atoms with van der Waals surface area (Å²) in [7, 11) is -3.56. The summed E-state index contributed by atoms with van der Waals surface area (Å²) in [6.07, 6.45) is -9.66. The maximum atomic E-state index is 12.4. The molecule has 0 unspecified atom stereocenters. The van der Waals surface area contributed by atoms with Gasteiger partial charge in [-0.05, 0) is 5.56 Å². The van der Waals surface area contributed by atoms with Crippen LogP contribution in [0.25, 0.3) is 11.4 Å². The topological polar surface area (TPSA) is 76.3 Å². The Balaban J connectivity index is 2.11. The van der Waals surface area contributed by atoms with Crippen LogP contribution >= 0.6 is 0 Å². The molecule has 1 heterocycles. The standard InChI is InChI=1S/C13H11F6N3O3S/c1-22(26(23,24)7-12(14,15)16)6-8-2-4-9(5-3-8)10-20-11(25-21-10)13(17,18)19/h2-5H,6-7H2,1H3. The predicted octanol–water partition coefficient (Wildman–Crippen LogP) is 3.08. The zero-order chi connectivity index (χ0) is 19.8. The summed E-state index contributed by atoms with van der Waals surface area (Å²) < 4.78 is 102. The van der Waals surface area contributed by atoms with Gasteiger partial charge in [0.15, 0.2) is 5.75 Å². The van der Waals surface area contributed by atoms with E-state index in [2.05, 4.69) is 14.7 Å². The number of hydrogen-bond acceptors (Lipinski definition) is 5. The molecule has 1 aromatic carbocycles. The van der Waals surface area contributed by atoms with Crippen molar-refractivity contribution in [2.24, 2.45) is 0 Å². The Labute approximate surface area is 143 Å². The van der Waals surface area contributed by atoms with E-state index in [1.165, 1.54) is 24.3 Å². The number of hydrogen-bond donors (Lipinski definition) is 0. The molecule has 0 atom stereocenters. The normalized spacial score (nSPS) is 13.4. The van der Waals surface area contributed by atoms with Crippen molar-refractivity contribution in [1.29, 1.82) is 0 Å². The van der Waals surface area contributed by atoms with E-state index < -0.39 is 34.0 Å². The average Bonchev–Trinajstić information content (AvgIpc) is 2.95. The number of sulfonamides is 1. The van der Waals surface area contributed by atoms with Crippen molar-refractivity contribution < 1.29 is 39.3 Å². The molecule has 26 heavy (non-hydrogen) atoms. The van der Waals surface area contributed by atoms with Crippen molar-refractivity contribution in [1.82, 2.24) is 14.4 Å². The molecule has 6 nitrogen and oxygen atoms in total. The van der Waals surface area contributed by atoms with Crippen molar-refractivity contribution in [2.45, 2.75) is 18.9 Å². The third-order valence-corrected chi connectivity index (χ3v) is 4.88. The van der Waals surface area contributed by atoms with Gasteiger partial charge in [-0.1, -0.05) is 29.4 Å². The Bertz CT molecular complexity index is 858. The molecule has 0 aliphatic heterocycles. The number of rotatable bonds is 5. The summed E-state index contributed by atoms with van der Waals surface area (Å²) in [5.41, 5.74) is 0.482. The summed E-state index contributed by atoms with van der Waals surface area (Å²) in [5.74, 6) is -3.84. The SMILES string of the molecule is CN(Cc1ccc(-c2noc(C(F)(F)F)n2)cc1)S(=O)(=O)CC(F)(F)F. The van der Waals surface area contributed by atoms with Crippen molar-refractivity contribution in [3.63, 3.8) is 0 Å². The number of halogens is 6. The Kier molecular flexibility index (Phi) is 5.33. The van der Waals surface area contributed by atoms with Crippen molar-refractivity contribution in [3.05, 3.63) is 35.7 Å². The van der Waals surface area contributed by atoms with Gasteiger partial charge in [-0.2, -0.15) is 31.3 Å². The Hall–Kier alpha value is -2.15. The molecule has 144 valence electrons. The predicted molar refractivity (Wildman–Crippen MR) is 76.0 cm³/mol. The highest BCUT2D eigenvalue weighted by Gasteiger charge is 2.39. The first kappa shape index (κ1) is 20.2. The zero-order valence-electron chi connectivity index (χ0n) is 13.0. The molecule has 13 heteroatoms. The van der Waals surface area contributed by atoms with Crippen LogP contribution in [0.3, 0.4) is 0 Å². The molecule has 0 amide bonds. The van der Waals surface area contributed by atoms with Crippen LogP contribution in [0.1, 0.15) is 11.5 Å². The highest BCUT2D eigenvalue weighted by Crippen LogP contribution is 2.29. The summed E-state index contributed by atoms with van der Waals surface area (Å²) in [4.78, 5) is 3.19. The minimum Gasteiger partial charge on any atom is -0.329 e. The van der Waals surface area contributed by atoms with E-state index in [-0.39, 0.29) is 17.9 Å². The van der Waals surface area contributed by atoms with Crippen LogP contribution in [0.5, 0.6) is 0 Å². The molecule has 0 spiro atoms. The molecule has 0 bridgehead atoms. The van der Waals surface area contributed by atoms with Gasteiger partial charge in [0, 0.05) is 19.2 Å². The van der Waals surface area contributed by atoms with Gasteiger partial charge in [0.1, 0.15) is 0 Å². The quantitative estimate of drug-likeness (QED) is 0.718. The summed E-state index contributed by atoms with van der Waals surface area (Å²) in [5, 5.41) is 3.19. The minimum atomic E-state index is -4.87. The van der Waals surface area contributed by atoms with Gasteiger partial charge >= 0.3 is 18.2 Å². The smallest absolute Gasteiger partial charge is 0.329 e. The summed E-state index contributed by atoms with van der Waals surface area (Å²) >= 11 is 0. The van der Waals surface area contributed by atoms with Crippen LogP contribution in [0.15, 0.2) is 28.8 Å². The second-order valence-corrected chi connectivity index (χ2v) is 7.32. The van der Waals surface area contributed by atoms with Crippen molar-refractivity contribution in [2.75, 3.05) is 12.8 Å². The Morgan fingerprint density at radius 3 is 2.12 bits per heavy atom. The molecule has 0 saturated heterocycles. The van der Waals surface area contributed by atoms with Gasteiger partial charge in [0.25, 0.3) is 0 Å². The van der Waals surface area contributed by atoms with Crippen LogP contribution < -0.4 is 0 Å². The fraction of sp³-hybridized carbons (Fsp3) is 0.385. The number of nitrogens with zero attached hydrogens (tertiary/aromatic N) is 3. The monoisotopic (exact) mass is 403 g/mol. The molecule has 0 radical (unpaired) electrons. The molecule has 0 saturated carbocycles. The molecule has 2 rings (SSSR count). The van der Waals surface area contributed by atoms with Crippen LogP contribution in [0.4, 0.5) is 26.3 Å². The lowest BCUT2D eigenvalue weighted by Gasteiger charge is -2.18. The maximum absolute atomic E-state index is 12.4. The number of alkyl halides is 6. The van der Waals surface area contributed by atoms with Crippen LogP contribution in [-0.2, 0) is 22.7 Å². The van der Waals surface area contributed by atoms with Gasteiger partial charge < -0.3 is 4.52 Å². The van der Waals surface area contributed by atoms with Crippen LogP contribution in [0, 0.1) is 0 Å². The van der Waals surface area contributed by atoms with Crippen molar-refractivity contribution in [3.8, 4) is 11.4 Å². The first-order valence-corrected chi connectivity index (χ1v) is 8.40. The minimum absolute atomic E-state index is 0.161. The van der Waals surface area contributed by atoms with E-state index in [4.69, 9.17) is 0 Å². The van der Waals surface area contributed by atoms with Gasteiger partial charge in [0.05, 0.1) is 0 Å². The Morgan fingerprint density at radius 1 is 1.08 bits per heavy atom. The number of benzene rings is 1. The van der Waals surface area contributed by atoms with Crippen molar-refractivity contribution >= 4 is 10.0 Å². The molecule has 0 aliphatic carbocycles. The lowest BCUT2D eigenvalue weighted by Crippen LogP contribution is -2.34. The van der Waals surface area contributed by atoms with E-state index in [9.17, 15) is 34.8 Å². The Morgan fingerprint density at radius 2 is 1.65 bits per heavy atom. The second-order valence-electron chi connectivity index (χ2n) is 5.25. The molecule has 0 fully saturated rings. The third-order valence-electron chi connectivity index (χ3n) is 3.11. The second kappa shape index (κ2) is 6.87. The lowest BCUT2D eigenvalue weighted by molar-refractivity contribution is -0.159. The number of aromatic nitrogens is 2. The highest BCUT2D eigenvalue weighted by atomic mass is 32.2. The maximum Gasteiger partial charge on any atom is 0.471 e.